The average molecular weight is 530 g/mol. The number of esters is 1. The van der Waals surface area contributed by atoms with Crippen molar-refractivity contribution in [1.82, 2.24) is 0 Å². The predicted molar refractivity (Wildman–Crippen MR) is 127 cm³/mol. The second kappa shape index (κ2) is 9.45. The molecule has 1 heterocycles. The molecule has 0 spiro atoms. The molecule has 0 radical (unpaired) electrons. The van der Waals surface area contributed by atoms with E-state index >= 15 is 0 Å². The number of halogens is 2. The molecule has 1 aliphatic heterocycles. The van der Waals surface area contributed by atoms with Crippen LogP contribution >= 0.6 is 34.2 Å². The van der Waals surface area contributed by atoms with Crippen molar-refractivity contribution in [3.05, 3.63) is 104 Å². The zero-order valence-corrected chi connectivity index (χ0v) is 18.8. The number of cyclic esters (lactones) is 1. The molecule has 3 aromatic carbocycles. The first-order chi connectivity index (χ1) is 14.6. The van der Waals surface area contributed by atoms with Crippen molar-refractivity contribution in [2.24, 2.45) is 4.99 Å². The van der Waals surface area contributed by atoms with Crippen molar-refractivity contribution in [2.45, 2.75) is 6.42 Å². The Morgan fingerprint density at radius 2 is 1.80 bits per heavy atom. The Morgan fingerprint density at radius 3 is 2.63 bits per heavy atom. The molecule has 0 N–H and O–H groups in total. The van der Waals surface area contributed by atoms with Crippen molar-refractivity contribution in [2.75, 3.05) is 6.61 Å². The summed E-state index contributed by atoms with van der Waals surface area (Å²) in [4.78, 5) is 16.7. The van der Waals surface area contributed by atoms with Gasteiger partial charge in [-0.3, -0.25) is 0 Å². The number of nitrogens with zero attached hydrogens (tertiary/aromatic N) is 1. The fourth-order valence-corrected chi connectivity index (χ4v) is 3.68. The lowest BCUT2D eigenvalue weighted by molar-refractivity contribution is -0.129. The van der Waals surface area contributed by atoms with Gasteiger partial charge in [-0.1, -0.05) is 60.1 Å². The summed E-state index contributed by atoms with van der Waals surface area (Å²) in [7, 11) is 0. The van der Waals surface area contributed by atoms with E-state index in [1.54, 1.807) is 12.1 Å². The van der Waals surface area contributed by atoms with Crippen LogP contribution in [0, 0.1) is 3.57 Å². The molecule has 3 aromatic rings. The Bertz CT molecular complexity index is 1140. The minimum atomic E-state index is -0.515. The van der Waals surface area contributed by atoms with E-state index < -0.39 is 5.97 Å². The van der Waals surface area contributed by atoms with Gasteiger partial charge in [-0.25, -0.2) is 9.79 Å². The highest BCUT2D eigenvalue weighted by atomic mass is 127. The number of para-hydroxylation sites is 1. The second-order valence-corrected chi connectivity index (χ2v) is 8.23. The van der Waals surface area contributed by atoms with Crippen LogP contribution in [0.2, 0.25) is 5.02 Å². The lowest BCUT2D eigenvalue weighted by Gasteiger charge is -2.09. The molecule has 0 aromatic heterocycles. The number of benzene rings is 3. The van der Waals surface area contributed by atoms with Crippen LogP contribution in [-0.4, -0.2) is 18.5 Å². The van der Waals surface area contributed by atoms with Crippen LogP contribution in [-0.2, 0) is 16.0 Å². The molecule has 0 unspecified atom stereocenters. The quantitative estimate of drug-likeness (QED) is 0.227. The van der Waals surface area contributed by atoms with E-state index in [2.05, 4.69) is 39.7 Å². The van der Waals surface area contributed by atoms with E-state index in [9.17, 15) is 4.79 Å². The molecule has 0 bridgehead atoms. The zero-order valence-electron chi connectivity index (χ0n) is 15.8. The Hall–Kier alpha value is -2.64. The molecule has 30 heavy (non-hydrogen) atoms. The highest BCUT2D eigenvalue weighted by molar-refractivity contribution is 14.1. The van der Waals surface area contributed by atoms with Crippen LogP contribution in [0.25, 0.3) is 6.08 Å². The first-order valence-electron chi connectivity index (χ1n) is 9.34. The Kier molecular flexibility index (Phi) is 6.50. The van der Waals surface area contributed by atoms with Gasteiger partial charge in [0.2, 0.25) is 5.90 Å². The first-order valence-corrected chi connectivity index (χ1v) is 10.8. The molecule has 0 saturated heterocycles. The molecule has 0 amide bonds. The van der Waals surface area contributed by atoms with Gasteiger partial charge in [0, 0.05) is 15.6 Å². The fourth-order valence-electron chi connectivity index (χ4n) is 2.99. The maximum atomic E-state index is 12.4. The average Bonchev–Trinajstić information content (AvgIpc) is 3.12. The van der Waals surface area contributed by atoms with Crippen LogP contribution < -0.4 is 4.74 Å². The molecule has 0 saturated carbocycles. The fraction of sp³-hybridized carbons (Fsp3) is 0.0833. The van der Waals surface area contributed by atoms with Gasteiger partial charge in [0.1, 0.15) is 5.75 Å². The van der Waals surface area contributed by atoms with Gasteiger partial charge in [0.05, 0.1) is 17.2 Å². The van der Waals surface area contributed by atoms with Gasteiger partial charge < -0.3 is 9.47 Å². The van der Waals surface area contributed by atoms with Crippen LogP contribution in [0.1, 0.15) is 16.7 Å². The van der Waals surface area contributed by atoms with Crippen LogP contribution in [0.5, 0.6) is 5.75 Å². The molecule has 0 aliphatic carbocycles. The number of carbonyl (C=O) groups excluding carboxylic acids is 1. The van der Waals surface area contributed by atoms with E-state index in [0.29, 0.717) is 22.9 Å². The van der Waals surface area contributed by atoms with Gasteiger partial charge >= 0.3 is 5.97 Å². The molecular weight excluding hydrogens is 513 g/mol. The molecule has 0 fully saturated rings. The van der Waals surface area contributed by atoms with Gasteiger partial charge in [-0.05, 0) is 58.5 Å². The monoisotopic (exact) mass is 529 g/mol. The van der Waals surface area contributed by atoms with Crippen LogP contribution in [0.4, 0.5) is 0 Å². The summed E-state index contributed by atoms with van der Waals surface area (Å²) in [5.41, 5.74) is 2.76. The number of hydrogen-bond donors (Lipinski definition) is 0. The normalized spacial score (nSPS) is 14.5. The molecule has 150 valence electrons. The Balaban J connectivity index is 1.55. The third kappa shape index (κ3) is 4.91. The molecule has 0 atom stereocenters. The minimum absolute atomic E-state index is 0.206. The second-order valence-electron chi connectivity index (χ2n) is 6.58. The lowest BCUT2D eigenvalue weighted by atomic mass is 10.1. The summed E-state index contributed by atoms with van der Waals surface area (Å²) >= 11 is 8.42. The van der Waals surface area contributed by atoms with Crippen molar-refractivity contribution in [3.63, 3.8) is 0 Å². The summed E-state index contributed by atoms with van der Waals surface area (Å²) in [6, 6.07) is 23.1. The lowest BCUT2D eigenvalue weighted by Crippen LogP contribution is -2.06. The maximum absolute atomic E-state index is 12.4. The van der Waals surface area contributed by atoms with E-state index in [1.807, 2.05) is 54.6 Å². The number of ether oxygens (including phenoxy) is 2. The topological polar surface area (TPSA) is 47.9 Å². The van der Waals surface area contributed by atoms with Gasteiger partial charge in [-0.15, -0.1) is 0 Å². The SMILES string of the molecule is O=C1OC(c2cc(I)ccc2Cl)=N/C1=C\c1ccccc1OCCc1ccccc1. The van der Waals surface area contributed by atoms with Crippen molar-refractivity contribution >= 4 is 52.1 Å². The summed E-state index contributed by atoms with van der Waals surface area (Å²) in [6.45, 7) is 0.529. The number of rotatable bonds is 6. The first kappa shape index (κ1) is 20.6. The van der Waals surface area contributed by atoms with E-state index in [1.165, 1.54) is 5.56 Å². The van der Waals surface area contributed by atoms with Gasteiger partial charge in [0.15, 0.2) is 5.70 Å². The zero-order chi connectivity index (χ0) is 20.9. The molecular formula is C24H17ClINO3. The molecule has 4 nitrogen and oxygen atoms in total. The van der Waals surface area contributed by atoms with E-state index in [-0.39, 0.29) is 11.6 Å². The summed E-state index contributed by atoms with van der Waals surface area (Å²) in [6.07, 6.45) is 2.47. The van der Waals surface area contributed by atoms with Crippen LogP contribution in [0.3, 0.4) is 0 Å². The standard InChI is InChI=1S/C24H17ClINO3/c25-20-11-10-18(26)15-19(20)23-27-21(24(28)30-23)14-17-8-4-5-9-22(17)29-13-12-16-6-2-1-3-7-16/h1-11,14-15H,12-13H2/b21-14-. The number of hydrogen-bond acceptors (Lipinski definition) is 4. The van der Waals surface area contributed by atoms with Crippen molar-refractivity contribution in [1.29, 1.82) is 0 Å². The molecule has 1 aliphatic rings. The van der Waals surface area contributed by atoms with E-state index in [4.69, 9.17) is 21.1 Å². The number of aliphatic imine (C=N–C) groups is 1. The summed E-state index contributed by atoms with van der Waals surface area (Å²) in [5, 5.41) is 0.480. The Morgan fingerprint density at radius 1 is 1.03 bits per heavy atom. The Labute approximate surface area is 193 Å². The summed E-state index contributed by atoms with van der Waals surface area (Å²) in [5.74, 6) is 0.376. The van der Waals surface area contributed by atoms with E-state index in [0.717, 1.165) is 15.6 Å². The molecule has 6 heteroatoms. The number of carbonyl (C=O) groups is 1. The van der Waals surface area contributed by atoms with Gasteiger partial charge in [0.25, 0.3) is 0 Å². The highest BCUT2D eigenvalue weighted by Gasteiger charge is 2.26. The smallest absolute Gasteiger partial charge is 0.363 e. The van der Waals surface area contributed by atoms with Crippen molar-refractivity contribution in [3.8, 4) is 5.75 Å². The molecule has 4 rings (SSSR count). The van der Waals surface area contributed by atoms with Gasteiger partial charge in [-0.2, -0.15) is 0 Å². The van der Waals surface area contributed by atoms with Crippen LogP contribution in [0.15, 0.2) is 83.5 Å². The highest BCUT2D eigenvalue weighted by Crippen LogP contribution is 2.27. The third-order valence-corrected chi connectivity index (χ3v) is 5.48. The predicted octanol–water partition coefficient (Wildman–Crippen LogP) is 5.91. The third-order valence-electron chi connectivity index (χ3n) is 4.48. The largest absolute Gasteiger partial charge is 0.493 e. The maximum Gasteiger partial charge on any atom is 0.363 e. The van der Waals surface area contributed by atoms with Crippen molar-refractivity contribution < 1.29 is 14.3 Å². The summed E-state index contributed by atoms with van der Waals surface area (Å²) < 4.78 is 12.3. The minimum Gasteiger partial charge on any atom is -0.493 e.